The van der Waals surface area contributed by atoms with E-state index in [2.05, 4.69) is 15.4 Å². The summed E-state index contributed by atoms with van der Waals surface area (Å²) in [6, 6.07) is 0. The molecule has 1 radical (unpaired) electrons. The Kier molecular flexibility index (Phi) is 2.71. The fourth-order valence-electron chi connectivity index (χ4n) is 1.26. The van der Waals surface area contributed by atoms with Gasteiger partial charge in [-0.3, -0.25) is 4.90 Å². The van der Waals surface area contributed by atoms with E-state index in [9.17, 15) is 0 Å². The van der Waals surface area contributed by atoms with Crippen LogP contribution in [0.4, 0.5) is 0 Å². The van der Waals surface area contributed by atoms with E-state index in [4.69, 9.17) is 4.74 Å². The number of morpholine rings is 1. The van der Waals surface area contributed by atoms with Crippen LogP contribution in [-0.2, 0) is 11.3 Å². The van der Waals surface area contributed by atoms with Gasteiger partial charge in [0.2, 0.25) is 0 Å². The molecule has 4 heteroatoms. The van der Waals surface area contributed by atoms with Gasteiger partial charge in [-0.15, -0.1) is 11.3 Å². The monoisotopic (exact) mass is 183 g/mol. The highest BCUT2D eigenvalue weighted by Crippen LogP contribution is 2.09. The van der Waals surface area contributed by atoms with Crippen LogP contribution in [0.3, 0.4) is 0 Å². The van der Waals surface area contributed by atoms with Gasteiger partial charge >= 0.3 is 0 Å². The van der Waals surface area contributed by atoms with Crippen LogP contribution in [0, 0.1) is 5.51 Å². The lowest BCUT2D eigenvalue weighted by molar-refractivity contribution is 0.0346. The Bertz CT molecular complexity index is 219. The third kappa shape index (κ3) is 2.03. The fourth-order valence-corrected chi connectivity index (χ4v) is 1.84. The lowest BCUT2D eigenvalue weighted by Gasteiger charge is -2.25. The zero-order valence-electron chi connectivity index (χ0n) is 6.82. The lowest BCUT2D eigenvalue weighted by Crippen LogP contribution is -2.35. The van der Waals surface area contributed by atoms with E-state index < -0.39 is 0 Å². The molecule has 1 aromatic rings. The Labute approximate surface area is 76.0 Å². The number of aromatic nitrogens is 1. The highest BCUT2D eigenvalue weighted by Gasteiger charge is 2.10. The Morgan fingerprint density at radius 1 is 1.58 bits per heavy atom. The molecule has 1 fully saturated rings. The molecule has 0 atom stereocenters. The van der Waals surface area contributed by atoms with Gasteiger partial charge in [0.15, 0.2) is 5.51 Å². The van der Waals surface area contributed by atoms with Crippen LogP contribution in [0.15, 0.2) is 6.20 Å². The van der Waals surface area contributed by atoms with Crippen molar-refractivity contribution in [2.24, 2.45) is 0 Å². The third-order valence-electron chi connectivity index (χ3n) is 1.92. The molecule has 3 nitrogen and oxygen atoms in total. The molecule has 0 N–H and O–H groups in total. The van der Waals surface area contributed by atoms with Gasteiger partial charge in [-0.25, -0.2) is 4.98 Å². The summed E-state index contributed by atoms with van der Waals surface area (Å²) in [7, 11) is 0. The first kappa shape index (κ1) is 8.16. The molecule has 1 aromatic heterocycles. The van der Waals surface area contributed by atoms with Crippen molar-refractivity contribution < 1.29 is 4.74 Å². The summed E-state index contributed by atoms with van der Waals surface area (Å²) < 4.78 is 5.26. The molecular weight excluding hydrogens is 172 g/mol. The standard InChI is InChI=1S/C8H11N2OS/c1-3-11-4-2-10(1)6-8-5-9-7-12-8/h5H,1-4,6H2. The predicted octanol–water partition coefficient (Wildman–Crippen LogP) is 0.775. The first-order valence-electron chi connectivity index (χ1n) is 4.06. The van der Waals surface area contributed by atoms with Crippen LogP contribution in [0.1, 0.15) is 4.88 Å². The second-order valence-electron chi connectivity index (χ2n) is 2.81. The maximum Gasteiger partial charge on any atom is 0.152 e. The van der Waals surface area contributed by atoms with E-state index in [0.717, 1.165) is 32.8 Å². The molecule has 0 saturated carbocycles. The molecule has 0 spiro atoms. The van der Waals surface area contributed by atoms with Gasteiger partial charge in [0, 0.05) is 30.7 Å². The summed E-state index contributed by atoms with van der Waals surface area (Å²) >= 11 is 1.60. The van der Waals surface area contributed by atoms with Gasteiger partial charge in [-0.1, -0.05) is 0 Å². The van der Waals surface area contributed by atoms with Gasteiger partial charge in [-0.2, -0.15) is 0 Å². The van der Waals surface area contributed by atoms with Crippen molar-refractivity contribution in [3.63, 3.8) is 0 Å². The largest absolute Gasteiger partial charge is 0.379 e. The first-order chi connectivity index (χ1) is 5.95. The molecule has 2 heterocycles. The normalized spacial score (nSPS) is 19.7. The maximum atomic E-state index is 5.26. The highest BCUT2D eigenvalue weighted by molar-refractivity contribution is 7.09. The second kappa shape index (κ2) is 3.98. The summed E-state index contributed by atoms with van der Waals surface area (Å²) in [5.74, 6) is 0. The van der Waals surface area contributed by atoms with Gasteiger partial charge < -0.3 is 4.74 Å². The van der Waals surface area contributed by atoms with Gasteiger partial charge in [0.25, 0.3) is 0 Å². The first-order valence-corrected chi connectivity index (χ1v) is 4.87. The summed E-state index contributed by atoms with van der Waals surface area (Å²) in [5.41, 5.74) is 2.85. The number of hydrogen-bond acceptors (Lipinski definition) is 4. The van der Waals surface area contributed by atoms with Crippen molar-refractivity contribution in [2.45, 2.75) is 6.54 Å². The molecule has 1 aliphatic rings. The molecular formula is C8H11N2OS. The zero-order chi connectivity index (χ0) is 8.23. The lowest BCUT2D eigenvalue weighted by atomic mass is 10.4. The molecule has 65 valence electrons. The van der Waals surface area contributed by atoms with Crippen LogP contribution in [0.5, 0.6) is 0 Å². The predicted molar refractivity (Wildman–Crippen MR) is 47.0 cm³/mol. The van der Waals surface area contributed by atoms with E-state index in [0.29, 0.717) is 0 Å². The molecule has 12 heavy (non-hydrogen) atoms. The van der Waals surface area contributed by atoms with E-state index in [1.807, 2.05) is 6.20 Å². The van der Waals surface area contributed by atoms with Crippen molar-refractivity contribution in [1.29, 1.82) is 0 Å². The summed E-state index contributed by atoms with van der Waals surface area (Å²) in [6.45, 7) is 4.81. The van der Waals surface area contributed by atoms with E-state index >= 15 is 0 Å². The van der Waals surface area contributed by atoms with Crippen molar-refractivity contribution in [3.8, 4) is 0 Å². The van der Waals surface area contributed by atoms with Gasteiger partial charge in [0.05, 0.1) is 13.2 Å². The summed E-state index contributed by atoms with van der Waals surface area (Å²) in [6.07, 6.45) is 1.89. The number of rotatable bonds is 2. The van der Waals surface area contributed by atoms with Crippen LogP contribution < -0.4 is 0 Å². The highest BCUT2D eigenvalue weighted by atomic mass is 32.1. The van der Waals surface area contributed by atoms with Crippen molar-refractivity contribution in [3.05, 3.63) is 16.6 Å². The molecule has 0 bridgehead atoms. The average Bonchev–Trinajstić information content (AvgIpc) is 2.59. The van der Waals surface area contributed by atoms with Gasteiger partial charge in [0.1, 0.15) is 0 Å². The molecule has 1 aliphatic heterocycles. The summed E-state index contributed by atoms with van der Waals surface area (Å²) in [4.78, 5) is 7.59. The molecule has 2 rings (SSSR count). The van der Waals surface area contributed by atoms with Crippen LogP contribution in [0.25, 0.3) is 0 Å². The van der Waals surface area contributed by atoms with Crippen molar-refractivity contribution >= 4 is 11.3 Å². The Morgan fingerprint density at radius 2 is 2.42 bits per heavy atom. The SMILES string of the molecule is [c]1ncc(CN2CCOCC2)s1. The third-order valence-corrected chi connectivity index (χ3v) is 2.61. The Hall–Kier alpha value is -0.450. The minimum Gasteiger partial charge on any atom is -0.379 e. The molecule has 0 aromatic carbocycles. The van der Waals surface area contributed by atoms with Crippen molar-refractivity contribution in [2.75, 3.05) is 26.3 Å². The summed E-state index contributed by atoms with van der Waals surface area (Å²) in [5, 5.41) is 0. The Balaban J connectivity index is 1.86. The van der Waals surface area contributed by atoms with Crippen LogP contribution in [0.2, 0.25) is 0 Å². The molecule has 0 unspecified atom stereocenters. The van der Waals surface area contributed by atoms with E-state index in [1.54, 1.807) is 11.3 Å². The van der Waals surface area contributed by atoms with Crippen LogP contribution >= 0.6 is 11.3 Å². The van der Waals surface area contributed by atoms with E-state index in [-0.39, 0.29) is 0 Å². The fraction of sp³-hybridized carbons (Fsp3) is 0.625. The van der Waals surface area contributed by atoms with Crippen LogP contribution in [-0.4, -0.2) is 36.2 Å². The molecule has 0 aliphatic carbocycles. The Morgan fingerprint density at radius 3 is 3.08 bits per heavy atom. The molecule has 0 amide bonds. The number of nitrogens with zero attached hydrogens (tertiary/aromatic N) is 2. The number of ether oxygens (including phenoxy) is 1. The minimum atomic E-state index is 0.864. The number of hydrogen-bond donors (Lipinski definition) is 0. The van der Waals surface area contributed by atoms with Gasteiger partial charge in [-0.05, 0) is 0 Å². The topological polar surface area (TPSA) is 25.4 Å². The molecule has 1 saturated heterocycles. The smallest absolute Gasteiger partial charge is 0.152 e. The quantitative estimate of drug-likeness (QED) is 0.677. The number of thiazole rings is 1. The maximum absolute atomic E-state index is 5.26. The minimum absolute atomic E-state index is 0.864. The second-order valence-corrected chi connectivity index (χ2v) is 3.72. The zero-order valence-corrected chi connectivity index (χ0v) is 7.64. The van der Waals surface area contributed by atoms with Crippen molar-refractivity contribution in [1.82, 2.24) is 9.88 Å². The average molecular weight is 183 g/mol. The van der Waals surface area contributed by atoms with E-state index in [1.165, 1.54) is 4.88 Å².